The number of rotatable bonds is 3. The Labute approximate surface area is 104 Å². The van der Waals surface area contributed by atoms with E-state index in [1.54, 1.807) is 0 Å². The van der Waals surface area contributed by atoms with Crippen LogP contribution in [0.25, 0.3) is 0 Å². The van der Waals surface area contributed by atoms with Crippen LogP contribution >= 0.6 is 0 Å². The molecule has 0 amide bonds. The number of anilines is 1. The van der Waals surface area contributed by atoms with Crippen LogP contribution in [0, 0.1) is 23.3 Å². The Bertz CT molecular complexity index is 714. The molecule has 1 N–H and O–H groups in total. The van der Waals surface area contributed by atoms with Gasteiger partial charge in [0, 0.05) is 0 Å². The van der Waals surface area contributed by atoms with E-state index in [2.05, 4.69) is 0 Å². The second-order valence-electron chi connectivity index (χ2n) is 3.29. The molecule has 0 bridgehead atoms. The summed E-state index contributed by atoms with van der Waals surface area (Å²) in [4.78, 5) is -2.36. The maximum atomic E-state index is 13.3. The minimum absolute atomic E-state index is 0.430. The summed E-state index contributed by atoms with van der Waals surface area (Å²) in [5, 5.41) is 0. The van der Waals surface area contributed by atoms with Gasteiger partial charge in [-0.2, -0.15) is 0 Å². The predicted octanol–water partition coefficient (Wildman–Crippen LogP) is 0.519. The van der Waals surface area contributed by atoms with Crippen LogP contribution in [0.3, 0.4) is 0 Å². The molecule has 0 fully saturated rings. The van der Waals surface area contributed by atoms with Crippen molar-refractivity contribution >= 4 is 25.8 Å². The summed E-state index contributed by atoms with van der Waals surface area (Å²) in [5.74, 6) is -9.72. The summed E-state index contributed by atoms with van der Waals surface area (Å²) in [6.07, 6.45) is 0.430. The minimum Gasteiger partial charge on any atom is -0.744 e. The van der Waals surface area contributed by atoms with E-state index in [0.29, 0.717) is 6.26 Å². The molecule has 0 aliphatic heterocycles. The molecule has 0 spiro atoms. The maximum absolute atomic E-state index is 13.3. The molecule has 0 saturated carbocycles. The van der Waals surface area contributed by atoms with E-state index in [-0.39, 0.29) is 0 Å². The fourth-order valence-corrected chi connectivity index (χ4v) is 2.27. The van der Waals surface area contributed by atoms with Gasteiger partial charge in [-0.25, -0.2) is 34.4 Å². The van der Waals surface area contributed by atoms with Gasteiger partial charge in [0.05, 0.1) is 6.26 Å². The number of sulfonamides is 1. The fourth-order valence-electron chi connectivity index (χ4n) is 1.11. The normalized spacial score (nSPS) is 12.5. The Morgan fingerprint density at radius 2 is 1.26 bits per heavy atom. The Balaban J connectivity index is 3.77. The van der Waals surface area contributed by atoms with Crippen molar-refractivity contribution in [2.45, 2.75) is 4.90 Å². The molecule has 0 aliphatic rings. The number of nitrogens with one attached hydrogen (secondary N) is 1. The summed E-state index contributed by atoms with van der Waals surface area (Å²) in [6, 6.07) is 0. The molecule has 12 heteroatoms. The zero-order valence-electron chi connectivity index (χ0n) is 8.87. The lowest BCUT2D eigenvalue weighted by atomic mass is 10.2. The molecule has 0 aliphatic carbocycles. The molecule has 0 heterocycles. The van der Waals surface area contributed by atoms with Crippen LogP contribution in [0.15, 0.2) is 4.90 Å². The third-order valence-electron chi connectivity index (χ3n) is 1.76. The first-order valence-electron chi connectivity index (χ1n) is 4.16. The van der Waals surface area contributed by atoms with Crippen LogP contribution in [-0.4, -0.2) is 27.6 Å². The van der Waals surface area contributed by atoms with Crippen molar-refractivity contribution in [3.05, 3.63) is 23.3 Å². The molecule has 0 aromatic heterocycles. The lowest BCUT2D eigenvalue weighted by molar-refractivity contribution is 0.402. The molecular formula is C7H4F4NO5S2-. The van der Waals surface area contributed by atoms with E-state index in [0.717, 1.165) is 4.72 Å². The van der Waals surface area contributed by atoms with Gasteiger partial charge in [0.1, 0.15) is 20.7 Å². The van der Waals surface area contributed by atoms with Crippen molar-refractivity contribution in [1.29, 1.82) is 0 Å². The summed E-state index contributed by atoms with van der Waals surface area (Å²) in [6.45, 7) is 0. The smallest absolute Gasteiger partial charge is 0.230 e. The highest BCUT2D eigenvalue weighted by molar-refractivity contribution is 7.92. The van der Waals surface area contributed by atoms with Crippen LogP contribution in [0.4, 0.5) is 23.2 Å². The van der Waals surface area contributed by atoms with Gasteiger partial charge in [-0.05, 0) is 0 Å². The Morgan fingerprint density at radius 1 is 0.895 bits per heavy atom. The standard InChI is InChI=1S/C7H5F4NO5S2/c1-18(13,14)12-6-2(8)4(10)7(19(15,16)17)5(11)3(6)9/h12H,1H3,(H,15,16,17)/p-1. The molecular weight excluding hydrogens is 318 g/mol. The molecule has 0 radical (unpaired) electrons. The molecule has 1 aromatic rings. The average Bonchev–Trinajstić information content (AvgIpc) is 2.18. The van der Waals surface area contributed by atoms with Crippen molar-refractivity contribution in [3.8, 4) is 0 Å². The molecule has 6 nitrogen and oxygen atoms in total. The Kier molecular flexibility index (Phi) is 3.80. The number of halogens is 4. The third kappa shape index (κ3) is 3.13. The van der Waals surface area contributed by atoms with Gasteiger partial charge in [-0.1, -0.05) is 0 Å². The van der Waals surface area contributed by atoms with E-state index in [1.165, 1.54) is 0 Å². The molecule has 1 rings (SSSR count). The van der Waals surface area contributed by atoms with Gasteiger partial charge in [-0.3, -0.25) is 4.72 Å². The van der Waals surface area contributed by atoms with E-state index in [9.17, 15) is 39.0 Å². The topological polar surface area (TPSA) is 103 Å². The largest absolute Gasteiger partial charge is 0.744 e. The second-order valence-corrected chi connectivity index (χ2v) is 6.35. The second kappa shape index (κ2) is 4.61. The van der Waals surface area contributed by atoms with Crippen LogP contribution < -0.4 is 4.72 Å². The summed E-state index contributed by atoms with van der Waals surface area (Å²) >= 11 is 0. The molecule has 0 atom stereocenters. The quantitative estimate of drug-likeness (QED) is 0.496. The highest BCUT2D eigenvalue weighted by Gasteiger charge is 2.29. The van der Waals surface area contributed by atoms with Gasteiger partial charge >= 0.3 is 0 Å². The van der Waals surface area contributed by atoms with Crippen LogP contribution in [0.2, 0.25) is 0 Å². The van der Waals surface area contributed by atoms with Crippen LogP contribution in [0.1, 0.15) is 0 Å². The SMILES string of the molecule is CS(=O)(=O)Nc1c(F)c(F)c(S(=O)(=O)[O-])c(F)c1F. The zero-order chi connectivity index (χ0) is 15.2. The predicted molar refractivity (Wildman–Crippen MR) is 52.7 cm³/mol. The molecule has 19 heavy (non-hydrogen) atoms. The van der Waals surface area contributed by atoms with Crippen molar-refractivity contribution < 1.29 is 39.0 Å². The average molecular weight is 322 g/mol. The number of hydrogen-bond acceptors (Lipinski definition) is 5. The summed E-state index contributed by atoms with van der Waals surface area (Å²) in [7, 11) is -10.1. The molecule has 108 valence electrons. The minimum atomic E-state index is -5.83. The highest BCUT2D eigenvalue weighted by atomic mass is 32.2. The van der Waals surface area contributed by atoms with Crippen LogP contribution in [-0.2, 0) is 20.1 Å². The van der Waals surface area contributed by atoms with Gasteiger partial charge in [0.25, 0.3) is 0 Å². The van der Waals surface area contributed by atoms with Gasteiger partial charge in [0.2, 0.25) is 10.0 Å². The van der Waals surface area contributed by atoms with Crippen molar-refractivity contribution in [1.82, 2.24) is 0 Å². The third-order valence-corrected chi connectivity index (χ3v) is 3.19. The maximum Gasteiger partial charge on any atom is 0.230 e. The molecule has 1 aromatic carbocycles. The van der Waals surface area contributed by atoms with Crippen molar-refractivity contribution in [2.24, 2.45) is 0 Å². The van der Waals surface area contributed by atoms with E-state index in [4.69, 9.17) is 0 Å². The van der Waals surface area contributed by atoms with Gasteiger partial charge in [-0.15, -0.1) is 0 Å². The molecule has 0 unspecified atom stereocenters. The van der Waals surface area contributed by atoms with E-state index < -0.39 is 54.0 Å². The van der Waals surface area contributed by atoms with Crippen LogP contribution in [0.5, 0.6) is 0 Å². The van der Waals surface area contributed by atoms with E-state index >= 15 is 0 Å². The van der Waals surface area contributed by atoms with E-state index in [1.807, 2.05) is 0 Å². The summed E-state index contributed by atoms with van der Waals surface area (Å²) in [5.41, 5.74) is -1.76. The Morgan fingerprint density at radius 3 is 1.53 bits per heavy atom. The fraction of sp³-hybridized carbons (Fsp3) is 0.143. The first kappa shape index (κ1) is 15.7. The van der Waals surface area contributed by atoms with Gasteiger partial charge in [0.15, 0.2) is 23.3 Å². The molecule has 0 saturated heterocycles. The highest BCUT2D eigenvalue weighted by Crippen LogP contribution is 2.31. The lowest BCUT2D eigenvalue weighted by Crippen LogP contribution is -2.17. The zero-order valence-corrected chi connectivity index (χ0v) is 10.5. The Hall–Kier alpha value is -1.40. The van der Waals surface area contributed by atoms with Gasteiger partial charge < -0.3 is 4.55 Å². The van der Waals surface area contributed by atoms with Crippen molar-refractivity contribution in [2.75, 3.05) is 11.0 Å². The monoisotopic (exact) mass is 322 g/mol. The van der Waals surface area contributed by atoms with Crippen molar-refractivity contribution in [3.63, 3.8) is 0 Å². The first-order valence-corrected chi connectivity index (χ1v) is 7.46. The summed E-state index contributed by atoms with van der Waals surface area (Å²) < 4.78 is 107. The first-order chi connectivity index (χ1) is 8.36. The number of benzene rings is 1. The number of hydrogen-bond donors (Lipinski definition) is 1. The lowest BCUT2D eigenvalue weighted by Gasteiger charge is -2.14.